The van der Waals surface area contributed by atoms with E-state index in [1.54, 1.807) is 25.3 Å². The Morgan fingerprint density at radius 1 is 1.35 bits per heavy atom. The van der Waals surface area contributed by atoms with E-state index in [-0.39, 0.29) is 18.3 Å². The molecule has 0 atom stereocenters. The van der Waals surface area contributed by atoms with Crippen molar-refractivity contribution < 1.29 is 19.1 Å². The minimum absolute atomic E-state index is 0.0709. The SMILES string of the molecule is CCCN(CC(=O)OCC)C(=O)c1cccnc1OC. The van der Waals surface area contributed by atoms with E-state index in [4.69, 9.17) is 9.47 Å². The van der Waals surface area contributed by atoms with Crippen LogP contribution in [0, 0.1) is 0 Å². The van der Waals surface area contributed by atoms with Crippen molar-refractivity contribution in [2.24, 2.45) is 0 Å². The predicted molar refractivity (Wildman–Crippen MR) is 73.6 cm³/mol. The lowest BCUT2D eigenvalue weighted by Crippen LogP contribution is -2.37. The van der Waals surface area contributed by atoms with Crippen LogP contribution in [-0.4, -0.2) is 48.6 Å². The lowest BCUT2D eigenvalue weighted by molar-refractivity contribution is -0.143. The van der Waals surface area contributed by atoms with E-state index in [9.17, 15) is 9.59 Å². The summed E-state index contributed by atoms with van der Waals surface area (Å²) in [6.45, 7) is 4.36. The van der Waals surface area contributed by atoms with Gasteiger partial charge >= 0.3 is 5.97 Å². The number of hydrogen-bond acceptors (Lipinski definition) is 5. The van der Waals surface area contributed by atoms with Gasteiger partial charge in [0.25, 0.3) is 5.91 Å². The van der Waals surface area contributed by atoms with E-state index in [0.717, 1.165) is 6.42 Å². The maximum atomic E-state index is 12.5. The van der Waals surface area contributed by atoms with Gasteiger partial charge in [-0.15, -0.1) is 0 Å². The number of carbonyl (C=O) groups excluding carboxylic acids is 2. The van der Waals surface area contributed by atoms with Crippen molar-refractivity contribution >= 4 is 11.9 Å². The molecule has 0 saturated carbocycles. The molecule has 6 nitrogen and oxygen atoms in total. The summed E-state index contributed by atoms with van der Waals surface area (Å²) in [5.74, 6) is -0.454. The van der Waals surface area contributed by atoms with Crippen molar-refractivity contribution in [3.8, 4) is 5.88 Å². The van der Waals surface area contributed by atoms with Crippen molar-refractivity contribution in [3.05, 3.63) is 23.9 Å². The largest absolute Gasteiger partial charge is 0.480 e. The lowest BCUT2D eigenvalue weighted by atomic mass is 10.2. The Balaban J connectivity index is 2.90. The highest BCUT2D eigenvalue weighted by molar-refractivity contribution is 5.97. The molecular formula is C14H20N2O4. The molecule has 1 rings (SSSR count). The second kappa shape index (κ2) is 8.14. The normalized spacial score (nSPS) is 9.95. The van der Waals surface area contributed by atoms with Crippen LogP contribution in [0.4, 0.5) is 0 Å². The van der Waals surface area contributed by atoms with Gasteiger partial charge in [0.1, 0.15) is 12.1 Å². The number of aromatic nitrogens is 1. The third-order valence-corrected chi connectivity index (χ3v) is 2.60. The molecule has 0 aliphatic carbocycles. The molecule has 0 spiro atoms. The van der Waals surface area contributed by atoms with Crippen LogP contribution in [0.15, 0.2) is 18.3 Å². The fourth-order valence-electron chi connectivity index (χ4n) is 1.77. The average Bonchev–Trinajstić information content (AvgIpc) is 2.46. The topological polar surface area (TPSA) is 68.7 Å². The van der Waals surface area contributed by atoms with E-state index in [1.807, 2.05) is 6.92 Å². The van der Waals surface area contributed by atoms with Crippen LogP contribution in [0.5, 0.6) is 5.88 Å². The van der Waals surface area contributed by atoms with Gasteiger partial charge in [0.05, 0.1) is 13.7 Å². The van der Waals surface area contributed by atoms with E-state index in [0.29, 0.717) is 18.7 Å². The molecule has 1 aromatic heterocycles. The van der Waals surface area contributed by atoms with E-state index in [1.165, 1.54) is 12.0 Å². The average molecular weight is 280 g/mol. The van der Waals surface area contributed by atoms with E-state index >= 15 is 0 Å². The second-order valence-corrected chi connectivity index (χ2v) is 4.09. The summed E-state index contributed by atoms with van der Waals surface area (Å²) in [7, 11) is 1.45. The first-order valence-corrected chi connectivity index (χ1v) is 6.57. The molecule has 0 N–H and O–H groups in total. The summed E-state index contributed by atoms with van der Waals surface area (Å²) in [4.78, 5) is 29.4. The molecule has 0 fully saturated rings. The van der Waals surface area contributed by atoms with Crippen molar-refractivity contribution in [2.45, 2.75) is 20.3 Å². The number of amides is 1. The Morgan fingerprint density at radius 3 is 2.70 bits per heavy atom. The number of nitrogens with zero attached hydrogens (tertiary/aromatic N) is 2. The van der Waals surface area contributed by atoms with Gasteiger partial charge in [0, 0.05) is 12.7 Å². The van der Waals surface area contributed by atoms with Crippen LogP contribution < -0.4 is 4.74 Å². The predicted octanol–water partition coefficient (Wildman–Crippen LogP) is 1.51. The van der Waals surface area contributed by atoms with Gasteiger partial charge in [0.15, 0.2) is 0 Å². The molecule has 0 aromatic carbocycles. The smallest absolute Gasteiger partial charge is 0.325 e. The van der Waals surface area contributed by atoms with E-state index < -0.39 is 5.97 Å². The van der Waals surface area contributed by atoms with Gasteiger partial charge in [-0.1, -0.05) is 6.92 Å². The third-order valence-electron chi connectivity index (χ3n) is 2.60. The minimum atomic E-state index is -0.419. The number of rotatable bonds is 7. The standard InChI is InChI=1S/C14H20N2O4/c1-4-9-16(10-12(17)20-5-2)14(18)11-7-6-8-15-13(11)19-3/h6-8H,4-5,9-10H2,1-3H3. The zero-order valence-corrected chi connectivity index (χ0v) is 12.1. The Labute approximate surface area is 118 Å². The summed E-state index contributed by atoms with van der Waals surface area (Å²) in [5, 5.41) is 0. The van der Waals surface area contributed by atoms with Gasteiger partial charge in [-0.3, -0.25) is 9.59 Å². The maximum absolute atomic E-state index is 12.5. The van der Waals surface area contributed by atoms with Gasteiger partial charge in [-0.25, -0.2) is 4.98 Å². The fraction of sp³-hybridized carbons (Fsp3) is 0.500. The number of pyridine rings is 1. The number of methoxy groups -OCH3 is 1. The lowest BCUT2D eigenvalue weighted by Gasteiger charge is -2.21. The van der Waals surface area contributed by atoms with Crippen molar-refractivity contribution in [2.75, 3.05) is 26.8 Å². The number of carbonyl (C=O) groups is 2. The molecular weight excluding hydrogens is 260 g/mol. The molecule has 1 heterocycles. The molecule has 6 heteroatoms. The molecule has 0 bridgehead atoms. The second-order valence-electron chi connectivity index (χ2n) is 4.09. The molecule has 20 heavy (non-hydrogen) atoms. The zero-order chi connectivity index (χ0) is 15.0. The van der Waals surface area contributed by atoms with Crippen LogP contribution in [0.25, 0.3) is 0 Å². The highest BCUT2D eigenvalue weighted by atomic mass is 16.5. The summed E-state index contributed by atoms with van der Waals surface area (Å²) < 4.78 is 9.95. The van der Waals surface area contributed by atoms with Crippen LogP contribution in [0.1, 0.15) is 30.6 Å². The summed E-state index contributed by atoms with van der Waals surface area (Å²) in [6.07, 6.45) is 2.29. The Hall–Kier alpha value is -2.11. The van der Waals surface area contributed by atoms with Crippen LogP contribution >= 0.6 is 0 Å². The summed E-state index contributed by atoms with van der Waals surface area (Å²) >= 11 is 0. The number of esters is 1. The maximum Gasteiger partial charge on any atom is 0.325 e. The highest BCUT2D eigenvalue weighted by Gasteiger charge is 2.22. The van der Waals surface area contributed by atoms with Crippen molar-refractivity contribution in [1.29, 1.82) is 0 Å². The van der Waals surface area contributed by atoms with E-state index in [2.05, 4.69) is 4.98 Å². The van der Waals surface area contributed by atoms with Gasteiger partial charge < -0.3 is 14.4 Å². The Bertz CT molecular complexity index is 462. The molecule has 0 aliphatic heterocycles. The molecule has 1 aromatic rings. The molecule has 0 radical (unpaired) electrons. The monoisotopic (exact) mass is 280 g/mol. The quantitative estimate of drug-likeness (QED) is 0.708. The molecule has 0 unspecified atom stereocenters. The highest BCUT2D eigenvalue weighted by Crippen LogP contribution is 2.16. The third kappa shape index (κ3) is 4.22. The molecule has 110 valence electrons. The molecule has 0 saturated heterocycles. The Kier molecular flexibility index (Phi) is 6.49. The summed E-state index contributed by atoms with van der Waals surface area (Å²) in [5.41, 5.74) is 0.341. The van der Waals surface area contributed by atoms with Gasteiger partial charge in [-0.2, -0.15) is 0 Å². The minimum Gasteiger partial charge on any atom is -0.480 e. The van der Waals surface area contributed by atoms with Crippen LogP contribution in [0.2, 0.25) is 0 Å². The van der Waals surface area contributed by atoms with Gasteiger partial charge in [0.2, 0.25) is 5.88 Å². The summed E-state index contributed by atoms with van der Waals surface area (Å²) in [6, 6.07) is 3.28. The first-order valence-electron chi connectivity index (χ1n) is 6.57. The van der Waals surface area contributed by atoms with Crippen molar-refractivity contribution in [1.82, 2.24) is 9.88 Å². The first kappa shape index (κ1) is 15.9. The molecule has 0 aliphatic rings. The number of ether oxygens (including phenoxy) is 2. The Morgan fingerprint density at radius 2 is 2.10 bits per heavy atom. The first-order chi connectivity index (χ1) is 9.63. The zero-order valence-electron chi connectivity index (χ0n) is 12.1. The number of hydrogen-bond donors (Lipinski definition) is 0. The van der Waals surface area contributed by atoms with Crippen LogP contribution in [0.3, 0.4) is 0 Å². The van der Waals surface area contributed by atoms with Crippen LogP contribution in [-0.2, 0) is 9.53 Å². The van der Waals surface area contributed by atoms with Crippen molar-refractivity contribution in [3.63, 3.8) is 0 Å². The molecule has 1 amide bonds. The fourth-order valence-corrected chi connectivity index (χ4v) is 1.77. The van der Waals surface area contributed by atoms with Gasteiger partial charge in [-0.05, 0) is 25.5 Å².